The number of rotatable bonds is 2. The van der Waals surface area contributed by atoms with Crippen molar-refractivity contribution >= 4 is 17.6 Å². The molecule has 0 bridgehead atoms. The largest absolute Gasteiger partial charge is 0.480 e. The zero-order valence-corrected chi connectivity index (χ0v) is 10.9. The highest BCUT2D eigenvalue weighted by Crippen LogP contribution is 2.23. The van der Waals surface area contributed by atoms with Gasteiger partial charge in [0.05, 0.1) is 5.56 Å². The van der Waals surface area contributed by atoms with E-state index in [2.05, 4.69) is 0 Å². The number of piperidine rings is 1. The second-order valence-electron chi connectivity index (χ2n) is 4.94. The number of aliphatic carboxylic acids is 1. The van der Waals surface area contributed by atoms with Crippen LogP contribution in [0.2, 0.25) is 0 Å². The number of amides is 1. The van der Waals surface area contributed by atoms with E-state index in [-0.39, 0.29) is 5.91 Å². The molecule has 3 N–H and O–H groups in total. The monoisotopic (exact) mass is 262 g/mol. The maximum absolute atomic E-state index is 12.5. The van der Waals surface area contributed by atoms with Crippen LogP contribution in [0.25, 0.3) is 0 Å². The third-order valence-electron chi connectivity index (χ3n) is 3.49. The fraction of sp³-hybridized carbons (Fsp3) is 0.429. The molecular weight excluding hydrogens is 244 g/mol. The Bertz CT molecular complexity index is 513. The lowest BCUT2D eigenvalue weighted by molar-refractivity contribution is -0.143. The van der Waals surface area contributed by atoms with Gasteiger partial charge in [-0.25, -0.2) is 4.79 Å². The normalized spacial score (nSPS) is 19.2. The van der Waals surface area contributed by atoms with Crippen LogP contribution in [0.15, 0.2) is 18.2 Å². The first-order chi connectivity index (χ1) is 9.00. The number of nitrogens with two attached hydrogens (primary N) is 1. The first-order valence-corrected chi connectivity index (χ1v) is 6.40. The quantitative estimate of drug-likeness (QED) is 0.794. The van der Waals surface area contributed by atoms with Crippen molar-refractivity contribution in [1.82, 2.24) is 4.90 Å². The van der Waals surface area contributed by atoms with Crippen molar-refractivity contribution < 1.29 is 14.7 Å². The predicted octanol–water partition coefficient (Wildman–Crippen LogP) is 1.66. The first kappa shape index (κ1) is 13.4. The number of aryl methyl sites for hydroxylation is 1. The summed E-state index contributed by atoms with van der Waals surface area (Å²) in [5, 5.41) is 9.20. The number of carbonyl (C=O) groups is 2. The van der Waals surface area contributed by atoms with Crippen molar-refractivity contribution in [2.24, 2.45) is 0 Å². The van der Waals surface area contributed by atoms with Gasteiger partial charge >= 0.3 is 5.97 Å². The number of benzene rings is 1. The average Bonchev–Trinajstić information content (AvgIpc) is 2.40. The number of carboxylic acids is 1. The van der Waals surface area contributed by atoms with Crippen LogP contribution in [0.1, 0.15) is 35.2 Å². The molecule has 0 aliphatic carbocycles. The van der Waals surface area contributed by atoms with E-state index in [4.69, 9.17) is 5.73 Å². The Morgan fingerprint density at radius 1 is 1.37 bits per heavy atom. The number of carboxylic acid groups (broad SMARTS) is 1. The average molecular weight is 262 g/mol. The molecule has 1 amide bonds. The Balaban J connectivity index is 2.31. The molecule has 1 fully saturated rings. The number of nitrogen functional groups attached to an aromatic ring is 1. The van der Waals surface area contributed by atoms with Gasteiger partial charge in [-0.3, -0.25) is 4.79 Å². The van der Waals surface area contributed by atoms with Gasteiger partial charge in [0.15, 0.2) is 0 Å². The van der Waals surface area contributed by atoms with Gasteiger partial charge in [0.25, 0.3) is 5.91 Å². The lowest BCUT2D eigenvalue weighted by Crippen LogP contribution is -2.48. The van der Waals surface area contributed by atoms with E-state index < -0.39 is 12.0 Å². The molecule has 2 rings (SSSR count). The van der Waals surface area contributed by atoms with Crippen molar-refractivity contribution in [3.8, 4) is 0 Å². The molecule has 0 radical (unpaired) electrons. The SMILES string of the molecule is Cc1ccc(N)c(C(=O)N2CCCC[C@H]2C(=O)O)c1. The van der Waals surface area contributed by atoms with Crippen molar-refractivity contribution in [1.29, 1.82) is 0 Å². The minimum absolute atomic E-state index is 0.284. The summed E-state index contributed by atoms with van der Waals surface area (Å²) in [6, 6.07) is 4.49. The number of carbonyl (C=O) groups excluding carboxylic acids is 1. The fourth-order valence-corrected chi connectivity index (χ4v) is 2.44. The molecule has 1 heterocycles. The molecule has 19 heavy (non-hydrogen) atoms. The first-order valence-electron chi connectivity index (χ1n) is 6.40. The van der Waals surface area contributed by atoms with Crippen molar-refractivity contribution in [2.75, 3.05) is 12.3 Å². The molecule has 1 atom stereocenters. The fourth-order valence-electron chi connectivity index (χ4n) is 2.44. The van der Waals surface area contributed by atoms with E-state index in [0.29, 0.717) is 24.2 Å². The van der Waals surface area contributed by atoms with Gasteiger partial charge < -0.3 is 15.7 Å². The van der Waals surface area contributed by atoms with Gasteiger partial charge in [-0.05, 0) is 38.3 Å². The van der Waals surface area contributed by atoms with E-state index in [1.165, 1.54) is 4.90 Å². The van der Waals surface area contributed by atoms with E-state index in [1.54, 1.807) is 12.1 Å². The number of hydrogen-bond acceptors (Lipinski definition) is 3. The molecule has 0 unspecified atom stereocenters. The second-order valence-corrected chi connectivity index (χ2v) is 4.94. The summed E-state index contributed by atoms with van der Waals surface area (Å²) in [5.41, 5.74) is 7.55. The minimum Gasteiger partial charge on any atom is -0.480 e. The van der Waals surface area contributed by atoms with E-state index >= 15 is 0 Å². The zero-order valence-electron chi connectivity index (χ0n) is 10.9. The molecule has 1 saturated heterocycles. The lowest BCUT2D eigenvalue weighted by Gasteiger charge is -2.33. The Labute approximate surface area is 112 Å². The van der Waals surface area contributed by atoms with Gasteiger partial charge in [0.2, 0.25) is 0 Å². The maximum atomic E-state index is 12.5. The number of likely N-dealkylation sites (tertiary alicyclic amines) is 1. The Morgan fingerprint density at radius 3 is 2.79 bits per heavy atom. The highest BCUT2D eigenvalue weighted by molar-refractivity contribution is 6.01. The van der Waals surface area contributed by atoms with Crippen molar-refractivity contribution in [3.05, 3.63) is 29.3 Å². The maximum Gasteiger partial charge on any atom is 0.326 e. The predicted molar refractivity (Wildman–Crippen MR) is 71.9 cm³/mol. The molecule has 5 heteroatoms. The van der Waals surface area contributed by atoms with Gasteiger partial charge in [-0.2, -0.15) is 0 Å². The van der Waals surface area contributed by atoms with Crippen LogP contribution in [0, 0.1) is 6.92 Å². The van der Waals surface area contributed by atoms with Gasteiger partial charge in [0, 0.05) is 12.2 Å². The van der Waals surface area contributed by atoms with E-state index in [9.17, 15) is 14.7 Å². The van der Waals surface area contributed by atoms with Crippen LogP contribution in [0.3, 0.4) is 0 Å². The summed E-state index contributed by atoms with van der Waals surface area (Å²) in [4.78, 5) is 25.1. The third-order valence-corrected chi connectivity index (χ3v) is 3.49. The van der Waals surface area contributed by atoms with E-state index in [0.717, 1.165) is 18.4 Å². The van der Waals surface area contributed by atoms with Crippen LogP contribution < -0.4 is 5.73 Å². The molecule has 1 aliphatic rings. The second kappa shape index (κ2) is 5.30. The van der Waals surface area contributed by atoms with Crippen LogP contribution >= 0.6 is 0 Å². The highest BCUT2D eigenvalue weighted by atomic mass is 16.4. The standard InChI is InChI=1S/C14H18N2O3/c1-9-5-6-11(15)10(8-9)13(17)16-7-3-2-4-12(16)14(18)19/h5-6,8,12H,2-4,7,15H2,1H3,(H,18,19)/t12-/m0/s1. The molecule has 0 saturated carbocycles. The molecule has 102 valence electrons. The molecule has 0 aromatic heterocycles. The molecule has 5 nitrogen and oxygen atoms in total. The highest BCUT2D eigenvalue weighted by Gasteiger charge is 2.33. The number of anilines is 1. The summed E-state index contributed by atoms with van der Waals surface area (Å²) < 4.78 is 0. The summed E-state index contributed by atoms with van der Waals surface area (Å²) in [6.45, 7) is 2.35. The molecule has 1 aliphatic heterocycles. The van der Waals surface area contributed by atoms with Gasteiger partial charge in [0.1, 0.15) is 6.04 Å². The van der Waals surface area contributed by atoms with Crippen molar-refractivity contribution in [2.45, 2.75) is 32.2 Å². The van der Waals surface area contributed by atoms with E-state index in [1.807, 2.05) is 13.0 Å². The summed E-state index contributed by atoms with van der Waals surface area (Å²) in [6.07, 6.45) is 2.18. The van der Waals surface area contributed by atoms with Crippen LogP contribution in [-0.2, 0) is 4.79 Å². The summed E-state index contributed by atoms with van der Waals surface area (Å²) in [7, 11) is 0. The summed E-state index contributed by atoms with van der Waals surface area (Å²) >= 11 is 0. The Kier molecular flexibility index (Phi) is 3.74. The minimum atomic E-state index is -0.945. The molecular formula is C14H18N2O3. The van der Waals surface area contributed by atoms with Gasteiger partial charge in [-0.15, -0.1) is 0 Å². The number of hydrogen-bond donors (Lipinski definition) is 2. The third kappa shape index (κ3) is 2.70. The van der Waals surface area contributed by atoms with Gasteiger partial charge in [-0.1, -0.05) is 11.6 Å². The topological polar surface area (TPSA) is 83.6 Å². The number of nitrogens with zero attached hydrogens (tertiary/aromatic N) is 1. The molecule has 0 spiro atoms. The summed E-state index contributed by atoms with van der Waals surface area (Å²) in [5.74, 6) is -1.23. The lowest BCUT2D eigenvalue weighted by atomic mass is 10.00. The van der Waals surface area contributed by atoms with Crippen LogP contribution in [-0.4, -0.2) is 34.5 Å². The molecule has 1 aromatic carbocycles. The smallest absolute Gasteiger partial charge is 0.326 e. The van der Waals surface area contributed by atoms with Crippen LogP contribution in [0.4, 0.5) is 5.69 Å². The Morgan fingerprint density at radius 2 is 2.11 bits per heavy atom. The molecule has 1 aromatic rings. The van der Waals surface area contributed by atoms with Crippen molar-refractivity contribution in [3.63, 3.8) is 0 Å². The zero-order chi connectivity index (χ0) is 14.0. The van der Waals surface area contributed by atoms with Crippen LogP contribution in [0.5, 0.6) is 0 Å². The Hall–Kier alpha value is -2.04.